The lowest BCUT2D eigenvalue weighted by Gasteiger charge is -2.04. The Kier molecular flexibility index (Phi) is 2.86. The van der Waals surface area contributed by atoms with E-state index in [0.29, 0.717) is 0 Å². The van der Waals surface area contributed by atoms with E-state index in [1.165, 1.54) is 0 Å². The van der Waals surface area contributed by atoms with Crippen LogP contribution in [0.3, 0.4) is 0 Å². The predicted molar refractivity (Wildman–Crippen MR) is 39.6 cm³/mol. The minimum atomic E-state index is -2.13. The SMILES string of the molecule is Fc1c(F)c(F)c(CP)c(F)c1F. The molecule has 6 heteroatoms. The van der Waals surface area contributed by atoms with E-state index in [2.05, 4.69) is 0 Å². The monoisotopic (exact) mass is 214 g/mol. The van der Waals surface area contributed by atoms with Crippen molar-refractivity contribution in [1.82, 2.24) is 0 Å². The lowest BCUT2D eigenvalue weighted by molar-refractivity contribution is 0.372. The molecule has 0 bridgehead atoms. The molecule has 1 aromatic carbocycles. The van der Waals surface area contributed by atoms with Crippen LogP contribution in [0.5, 0.6) is 0 Å². The van der Waals surface area contributed by atoms with Gasteiger partial charge in [-0.15, -0.1) is 9.24 Å². The molecule has 0 aromatic heterocycles. The van der Waals surface area contributed by atoms with Crippen molar-refractivity contribution < 1.29 is 22.0 Å². The summed E-state index contributed by atoms with van der Waals surface area (Å²) in [7, 11) is 1.89. The van der Waals surface area contributed by atoms with Crippen molar-refractivity contribution in [2.24, 2.45) is 0 Å². The third-order valence-corrected chi connectivity index (χ3v) is 1.91. The second kappa shape index (κ2) is 3.58. The van der Waals surface area contributed by atoms with E-state index >= 15 is 0 Å². The zero-order chi connectivity index (χ0) is 10.2. The maximum Gasteiger partial charge on any atom is 0.200 e. The molecule has 1 unspecified atom stereocenters. The highest BCUT2D eigenvalue weighted by atomic mass is 31.0. The Balaban J connectivity index is 3.56. The molecule has 1 atom stereocenters. The number of benzene rings is 1. The Bertz CT molecular complexity index is 320. The van der Waals surface area contributed by atoms with Gasteiger partial charge in [0.25, 0.3) is 0 Å². The quantitative estimate of drug-likeness (QED) is 0.292. The minimum absolute atomic E-state index is 0.328. The van der Waals surface area contributed by atoms with Crippen LogP contribution in [-0.2, 0) is 6.16 Å². The van der Waals surface area contributed by atoms with Gasteiger partial charge in [0.1, 0.15) is 0 Å². The molecule has 0 radical (unpaired) electrons. The molecule has 0 fully saturated rings. The Hall–Kier alpha value is -0.700. The molecule has 0 aliphatic heterocycles. The van der Waals surface area contributed by atoms with Crippen LogP contribution in [0.15, 0.2) is 0 Å². The first kappa shape index (κ1) is 10.4. The Labute approximate surface area is 73.0 Å². The van der Waals surface area contributed by atoms with Crippen LogP contribution >= 0.6 is 9.24 Å². The fourth-order valence-corrected chi connectivity index (χ4v) is 1.19. The third kappa shape index (κ3) is 1.53. The van der Waals surface area contributed by atoms with E-state index in [4.69, 9.17) is 0 Å². The van der Waals surface area contributed by atoms with Gasteiger partial charge in [0.2, 0.25) is 5.82 Å². The molecule has 0 spiro atoms. The topological polar surface area (TPSA) is 0 Å². The molecule has 0 heterocycles. The summed E-state index contributed by atoms with van der Waals surface area (Å²) in [5.74, 6) is -9.48. The van der Waals surface area contributed by atoms with Gasteiger partial charge in [0.05, 0.1) is 0 Å². The number of hydrogen-bond donors (Lipinski definition) is 0. The summed E-state index contributed by atoms with van der Waals surface area (Å²) in [4.78, 5) is 0. The Morgan fingerprint density at radius 1 is 0.692 bits per heavy atom. The number of rotatable bonds is 1. The van der Waals surface area contributed by atoms with Gasteiger partial charge in [-0.25, -0.2) is 22.0 Å². The van der Waals surface area contributed by atoms with Crippen molar-refractivity contribution in [2.75, 3.05) is 0 Å². The second-order valence-corrected chi connectivity index (χ2v) is 2.66. The van der Waals surface area contributed by atoms with Crippen molar-refractivity contribution >= 4 is 9.24 Å². The van der Waals surface area contributed by atoms with Gasteiger partial charge in [0.15, 0.2) is 23.3 Å². The highest BCUT2D eigenvalue weighted by Gasteiger charge is 2.24. The molecule has 1 aromatic rings. The summed E-state index contributed by atoms with van der Waals surface area (Å²) in [6.45, 7) is 0. The molecule has 13 heavy (non-hydrogen) atoms. The van der Waals surface area contributed by atoms with Gasteiger partial charge in [-0.05, 0) is 6.16 Å². The van der Waals surface area contributed by atoms with Crippen molar-refractivity contribution in [3.63, 3.8) is 0 Å². The van der Waals surface area contributed by atoms with E-state index in [0.717, 1.165) is 0 Å². The summed E-state index contributed by atoms with van der Waals surface area (Å²) in [5.41, 5.74) is -0.818. The second-order valence-electron chi connectivity index (χ2n) is 2.25. The molecule has 72 valence electrons. The lowest BCUT2D eigenvalue weighted by atomic mass is 10.2. The molecular formula is C7H4F5P. The van der Waals surface area contributed by atoms with Crippen molar-refractivity contribution in [2.45, 2.75) is 6.16 Å². The maximum absolute atomic E-state index is 12.7. The van der Waals surface area contributed by atoms with Crippen molar-refractivity contribution in [1.29, 1.82) is 0 Å². The zero-order valence-corrected chi connectivity index (χ0v) is 7.33. The largest absolute Gasteiger partial charge is 0.203 e. The van der Waals surface area contributed by atoms with E-state index in [1.807, 2.05) is 9.24 Å². The van der Waals surface area contributed by atoms with Crippen LogP contribution in [0.25, 0.3) is 0 Å². The third-order valence-electron chi connectivity index (χ3n) is 1.50. The lowest BCUT2D eigenvalue weighted by Crippen LogP contribution is -2.05. The fourth-order valence-electron chi connectivity index (χ4n) is 0.830. The summed E-state index contributed by atoms with van der Waals surface area (Å²) in [5, 5.41) is 0. The summed E-state index contributed by atoms with van der Waals surface area (Å²) in [6, 6.07) is 0. The summed E-state index contributed by atoms with van der Waals surface area (Å²) in [6.07, 6.45) is -0.328. The van der Waals surface area contributed by atoms with Crippen LogP contribution in [0, 0.1) is 29.1 Å². The van der Waals surface area contributed by atoms with Crippen LogP contribution < -0.4 is 0 Å². The van der Waals surface area contributed by atoms with Crippen LogP contribution in [0.4, 0.5) is 22.0 Å². The smallest absolute Gasteiger partial charge is 0.200 e. The molecule has 0 N–H and O–H groups in total. The first-order chi connectivity index (χ1) is 6.00. The molecule has 0 nitrogen and oxygen atoms in total. The predicted octanol–water partition coefficient (Wildman–Crippen LogP) is 2.76. The molecule has 1 rings (SSSR count). The minimum Gasteiger partial charge on any atom is -0.203 e. The van der Waals surface area contributed by atoms with E-state index in [-0.39, 0.29) is 6.16 Å². The summed E-state index contributed by atoms with van der Waals surface area (Å²) >= 11 is 0. The van der Waals surface area contributed by atoms with Crippen LogP contribution in [0.2, 0.25) is 0 Å². The number of hydrogen-bond acceptors (Lipinski definition) is 0. The highest BCUT2D eigenvalue weighted by Crippen LogP contribution is 2.24. The first-order valence-corrected chi connectivity index (χ1v) is 4.02. The first-order valence-electron chi connectivity index (χ1n) is 3.21. The van der Waals surface area contributed by atoms with Gasteiger partial charge in [-0.2, -0.15) is 0 Å². The van der Waals surface area contributed by atoms with E-state index < -0.39 is 34.6 Å². The molecule has 0 aliphatic rings. The molecule has 0 saturated carbocycles. The van der Waals surface area contributed by atoms with E-state index in [1.54, 1.807) is 0 Å². The van der Waals surface area contributed by atoms with Gasteiger partial charge < -0.3 is 0 Å². The standard InChI is InChI=1S/C7H4F5P/c8-3-2(1-13)4(9)6(11)7(12)5(3)10/h1,13H2. The Morgan fingerprint density at radius 3 is 1.31 bits per heavy atom. The van der Waals surface area contributed by atoms with Gasteiger partial charge in [0, 0.05) is 5.56 Å². The number of halogens is 5. The highest BCUT2D eigenvalue weighted by molar-refractivity contribution is 7.15. The Morgan fingerprint density at radius 2 is 1.00 bits per heavy atom. The van der Waals surface area contributed by atoms with Crippen molar-refractivity contribution in [3.8, 4) is 0 Å². The van der Waals surface area contributed by atoms with E-state index in [9.17, 15) is 22.0 Å². The average molecular weight is 214 g/mol. The van der Waals surface area contributed by atoms with Gasteiger partial charge in [-0.3, -0.25) is 0 Å². The zero-order valence-electron chi connectivity index (χ0n) is 6.17. The van der Waals surface area contributed by atoms with Crippen LogP contribution in [-0.4, -0.2) is 0 Å². The average Bonchev–Trinajstić information content (AvgIpc) is 2.13. The normalized spacial score (nSPS) is 10.6. The van der Waals surface area contributed by atoms with Crippen molar-refractivity contribution in [3.05, 3.63) is 34.6 Å². The van der Waals surface area contributed by atoms with Crippen LogP contribution in [0.1, 0.15) is 5.56 Å². The maximum atomic E-state index is 12.7. The molecule has 0 saturated heterocycles. The summed E-state index contributed by atoms with van der Waals surface area (Å²) < 4.78 is 62.6. The van der Waals surface area contributed by atoms with Gasteiger partial charge in [-0.1, -0.05) is 0 Å². The molecular weight excluding hydrogens is 210 g/mol. The van der Waals surface area contributed by atoms with Gasteiger partial charge >= 0.3 is 0 Å². The fraction of sp³-hybridized carbons (Fsp3) is 0.143. The molecule has 0 aliphatic carbocycles. The molecule has 0 amide bonds.